The van der Waals surface area contributed by atoms with Crippen LogP contribution in [0.3, 0.4) is 0 Å². The fourth-order valence-electron chi connectivity index (χ4n) is 3.73. The topological polar surface area (TPSA) is 122 Å². The molecule has 0 atom stereocenters. The number of rotatable bonds is 8. The lowest BCUT2D eigenvalue weighted by atomic mass is 10.1. The Hall–Kier alpha value is -4.63. The second kappa shape index (κ2) is 11.2. The lowest BCUT2D eigenvalue weighted by Crippen LogP contribution is -2.54. The zero-order chi connectivity index (χ0) is 27.4. The molecule has 1 heterocycles. The van der Waals surface area contributed by atoms with Crippen LogP contribution in [0.25, 0.3) is 6.08 Å². The first-order chi connectivity index (χ1) is 18.2. The molecule has 194 valence electrons. The molecule has 3 aromatic rings. The molecule has 0 unspecified atom stereocenters. The highest BCUT2D eigenvalue weighted by molar-refractivity contribution is 6.39. The minimum absolute atomic E-state index is 0.0201. The van der Waals surface area contributed by atoms with E-state index in [0.29, 0.717) is 23.7 Å². The summed E-state index contributed by atoms with van der Waals surface area (Å²) in [7, 11) is 0. The normalized spacial score (nSPS) is 14.4. The fraction of sp³-hybridized carbons (Fsp3) is 0.143. The number of hydrogen-bond acceptors (Lipinski definition) is 6. The van der Waals surface area contributed by atoms with Crippen LogP contribution in [-0.2, 0) is 16.2 Å². The smallest absolute Gasteiger partial charge is 0.335 e. The number of ether oxygens (including phenoxy) is 2. The molecule has 1 fully saturated rings. The lowest BCUT2D eigenvalue weighted by Gasteiger charge is -2.26. The van der Waals surface area contributed by atoms with Gasteiger partial charge in [0.1, 0.15) is 12.2 Å². The molecule has 10 heteroatoms. The number of urea groups is 1. The first-order valence-corrected chi connectivity index (χ1v) is 11.9. The predicted molar refractivity (Wildman–Crippen MR) is 141 cm³/mol. The molecule has 1 saturated heterocycles. The maximum Gasteiger partial charge on any atom is 0.335 e. The highest BCUT2D eigenvalue weighted by Crippen LogP contribution is 2.38. The largest absolute Gasteiger partial charge is 0.490 e. The van der Waals surface area contributed by atoms with E-state index in [0.717, 1.165) is 16.0 Å². The van der Waals surface area contributed by atoms with E-state index in [1.54, 1.807) is 13.0 Å². The van der Waals surface area contributed by atoms with Gasteiger partial charge in [-0.1, -0.05) is 41.4 Å². The number of nitrogens with one attached hydrogen (secondary N) is 1. The molecule has 9 nitrogen and oxygen atoms in total. The second-order valence-electron chi connectivity index (χ2n) is 8.35. The van der Waals surface area contributed by atoms with Gasteiger partial charge in [-0.05, 0) is 67.4 Å². The van der Waals surface area contributed by atoms with Gasteiger partial charge in [-0.3, -0.25) is 14.9 Å². The quantitative estimate of drug-likeness (QED) is 0.308. The Kier molecular flexibility index (Phi) is 7.78. The summed E-state index contributed by atoms with van der Waals surface area (Å²) in [6, 6.07) is 15.1. The lowest BCUT2D eigenvalue weighted by molar-refractivity contribution is -0.122. The minimum Gasteiger partial charge on any atom is -0.490 e. The average molecular weight is 535 g/mol. The van der Waals surface area contributed by atoms with Gasteiger partial charge >= 0.3 is 12.0 Å². The van der Waals surface area contributed by atoms with Gasteiger partial charge in [-0.15, -0.1) is 0 Å². The number of nitrogens with zero attached hydrogens (tertiary/aromatic N) is 1. The number of imide groups is 2. The maximum atomic E-state index is 13.2. The summed E-state index contributed by atoms with van der Waals surface area (Å²) in [6.07, 6.45) is 1.29. The van der Waals surface area contributed by atoms with Crippen LogP contribution in [0.2, 0.25) is 5.02 Å². The van der Waals surface area contributed by atoms with E-state index in [1.165, 1.54) is 36.4 Å². The summed E-state index contributed by atoms with van der Waals surface area (Å²) in [4.78, 5) is 50.1. The number of halogens is 1. The van der Waals surface area contributed by atoms with Crippen molar-refractivity contribution in [1.29, 1.82) is 0 Å². The van der Waals surface area contributed by atoms with Crippen molar-refractivity contribution in [2.45, 2.75) is 20.5 Å². The highest BCUT2D eigenvalue weighted by Gasteiger charge is 2.37. The first kappa shape index (κ1) is 26.4. The van der Waals surface area contributed by atoms with Crippen LogP contribution in [-0.4, -0.2) is 35.5 Å². The number of amides is 4. The zero-order valence-electron chi connectivity index (χ0n) is 20.5. The van der Waals surface area contributed by atoms with E-state index in [-0.39, 0.29) is 28.5 Å². The molecule has 0 aliphatic carbocycles. The van der Waals surface area contributed by atoms with Gasteiger partial charge in [0.25, 0.3) is 11.8 Å². The monoisotopic (exact) mass is 534 g/mol. The summed E-state index contributed by atoms with van der Waals surface area (Å²) < 4.78 is 11.6. The van der Waals surface area contributed by atoms with E-state index >= 15 is 0 Å². The van der Waals surface area contributed by atoms with E-state index in [4.69, 9.17) is 26.2 Å². The molecule has 3 aromatic carbocycles. The number of carbonyl (C=O) groups excluding carboxylic acids is 3. The van der Waals surface area contributed by atoms with Crippen LogP contribution in [0.1, 0.15) is 34.0 Å². The third-order valence-corrected chi connectivity index (χ3v) is 5.90. The molecule has 1 aliphatic rings. The second-order valence-corrected chi connectivity index (χ2v) is 8.75. The van der Waals surface area contributed by atoms with Gasteiger partial charge in [-0.2, -0.15) is 0 Å². The average Bonchev–Trinajstić information content (AvgIpc) is 2.87. The fourth-order valence-corrected chi connectivity index (χ4v) is 4.00. The van der Waals surface area contributed by atoms with Crippen molar-refractivity contribution in [2.75, 3.05) is 11.5 Å². The maximum absolute atomic E-state index is 13.2. The van der Waals surface area contributed by atoms with Crippen LogP contribution >= 0.6 is 11.6 Å². The molecule has 0 aromatic heterocycles. The van der Waals surface area contributed by atoms with Gasteiger partial charge in [0.05, 0.1) is 22.9 Å². The van der Waals surface area contributed by atoms with E-state index in [2.05, 4.69) is 5.32 Å². The van der Waals surface area contributed by atoms with E-state index in [1.807, 2.05) is 31.2 Å². The third kappa shape index (κ3) is 5.68. The number of carboxylic acid groups (broad SMARTS) is 1. The van der Waals surface area contributed by atoms with Gasteiger partial charge < -0.3 is 14.6 Å². The number of carboxylic acids is 1. The first-order valence-electron chi connectivity index (χ1n) is 11.6. The summed E-state index contributed by atoms with van der Waals surface area (Å²) >= 11 is 6.51. The van der Waals surface area contributed by atoms with Gasteiger partial charge in [-0.25, -0.2) is 14.5 Å². The van der Waals surface area contributed by atoms with Crippen molar-refractivity contribution in [3.05, 3.63) is 93.5 Å². The van der Waals surface area contributed by atoms with Crippen LogP contribution in [0.4, 0.5) is 10.5 Å². The molecular formula is C28H23ClN2O7. The predicted octanol–water partition coefficient (Wildman–Crippen LogP) is 4.99. The molecular weight excluding hydrogens is 512 g/mol. The molecule has 2 N–H and O–H groups in total. The highest BCUT2D eigenvalue weighted by atomic mass is 35.5. The van der Waals surface area contributed by atoms with Crippen LogP contribution in [0, 0.1) is 6.92 Å². The number of aromatic carboxylic acids is 1. The van der Waals surface area contributed by atoms with Crippen molar-refractivity contribution in [3.8, 4) is 11.5 Å². The van der Waals surface area contributed by atoms with Crippen molar-refractivity contribution in [2.24, 2.45) is 0 Å². The Labute approximate surface area is 223 Å². The zero-order valence-corrected chi connectivity index (χ0v) is 21.2. The van der Waals surface area contributed by atoms with Gasteiger partial charge in [0, 0.05) is 0 Å². The third-order valence-electron chi connectivity index (χ3n) is 5.62. The summed E-state index contributed by atoms with van der Waals surface area (Å²) in [5, 5.41) is 11.4. The molecule has 38 heavy (non-hydrogen) atoms. The number of carbonyl (C=O) groups is 4. The SMILES string of the molecule is CCOc1cc(/C=C2\C(=O)NC(=O)N(c3ccc(C(=O)O)cc3)C2=O)cc(Cl)c1OCc1ccc(C)cc1. The minimum atomic E-state index is -1.16. The standard InChI is InChI=1S/C28H23ClN2O7/c1-3-37-23-14-18(13-22(29)24(23)38-15-17-6-4-16(2)5-7-17)12-21-25(32)30-28(36)31(26(21)33)20-10-8-19(9-11-20)27(34)35/h4-14H,3,15H2,1-2H3,(H,34,35)(H,30,32,36)/b21-12+. The van der Waals surface area contributed by atoms with Gasteiger partial charge in [0.2, 0.25) is 0 Å². The summed E-state index contributed by atoms with van der Waals surface area (Å²) in [5.41, 5.74) is 2.19. The number of aryl methyl sites for hydroxylation is 1. The number of barbiturate groups is 1. The number of hydrogen-bond donors (Lipinski definition) is 2. The molecule has 1 aliphatic heterocycles. The molecule has 0 saturated carbocycles. The molecule has 4 amide bonds. The number of anilines is 1. The molecule has 0 radical (unpaired) electrons. The van der Waals surface area contributed by atoms with Crippen LogP contribution in [0.15, 0.2) is 66.2 Å². The Balaban J connectivity index is 1.64. The number of benzene rings is 3. The molecule has 4 rings (SSSR count). The van der Waals surface area contributed by atoms with Crippen LogP contribution in [0.5, 0.6) is 11.5 Å². The van der Waals surface area contributed by atoms with E-state index < -0.39 is 23.8 Å². The Morgan fingerprint density at radius 2 is 1.71 bits per heavy atom. The molecule has 0 bridgehead atoms. The van der Waals surface area contributed by atoms with Gasteiger partial charge in [0.15, 0.2) is 11.5 Å². The Morgan fingerprint density at radius 3 is 2.34 bits per heavy atom. The van der Waals surface area contributed by atoms with Crippen LogP contribution < -0.4 is 19.7 Å². The Morgan fingerprint density at radius 1 is 1.03 bits per heavy atom. The summed E-state index contributed by atoms with van der Waals surface area (Å²) in [6.45, 7) is 4.34. The van der Waals surface area contributed by atoms with Crippen molar-refractivity contribution in [3.63, 3.8) is 0 Å². The van der Waals surface area contributed by atoms with Crippen molar-refractivity contribution >= 4 is 47.2 Å². The molecule has 0 spiro atoms. The van der Waals surface area contributed by atoms with Crippen molar-refractivity contribution in [1.82, 2.24) is 5.32 Å². The summed E-state index contributed by atoms with van der Waals surface area (Å²) in [5.74, 6) is -2.29. The Bertz CT molecular complexity index is 1450. The van der Waals surface area contributed by atoms with Crippen molar-refractivity contribution < 1.29 is 33.8 Å². The van der Waals surface area contributed by atoms with E-state index in [9.17, 15) is 19.2 Å².